The molecule has 2 aromatic rings. The highest BCUT2D eigenvalue weighted by Crippen LogP contribution is 2.22. The first kappa shape index (κ1) is 17.4. The van der Waals surface area contributed by atoms with Crippen molar-refractivity contribution in [1.29, 1.82) is 0 Å². The van der Waals surface area contributed by atoms with Crippen LogP contribution in [0.15, 0.2) is 66.7 Å². The Labute approximate surface area is 150 Å². The average molecular weight is 334 g/mol. The maximum absolute atomic E-state index is 12.4. The van der Waals surface area contributed by atoms with Crippen LogP contribution in [0.2, 0.25) is 0 Å². The van der Waals surface area contributed by atoms with E-state index in [1.165, 1.54) is 16.7 Å². The monoisotopic (exact) mass is 334 g/mol. The summed E-state index contributed by atoms with van der Waals surface area (Å²) in [5, 5.41) is 3.07. The largest absolute Gasteiger partial charge is 0.354 e. The van der Waals surface area contributed by atoms with Crippen LogP contribution in [0, 0.1) is 0 Å². The maximum Gasteiger partial charge on any atom is 0.237 e. The molecule has 2 aromatic carbocycles. The number of carbonyl (C=O) groups is 1. The molecule has 0 saturated heterocycles. The molecule has 130 valence electrons. The minimum absolute atomic E-state index is 0.0932. The van der Waals surface area contributed by atoms with Crippen molar-refractivity contribution in [2.45, 2.75) is 25.8 Å². The number of nitrogens with one attached hydrogen (secondary N) is 1. The molecule has 0 fully saturated rings. The Balaban J connectivity index is 1.47. The highest BCUT2D eigenvalue weighted by atomic mass is 16.2. The van der Waals surface area contributed by atoms with E-state index in [0.717, 1.165) is 25.9 Å². The van der Waals surface area contributed by atoms with E-state index in [9.17, 15) is 4.79 Å². The standard InChI is InChI=1S/C22H26N2O/c1-18(22(25)23-15-12-19-8-4-2-5-9-19)24-16-13-21(14-17-24)20-10-6-3-7-11-20/h2-11,13,18H,12,14-17H2,1H3,(H,23,25)/t18-/m1/s1. The molecule has 1 amide bonds. The van der Waals surface area contributed by atoms with Gasteiger partial charge < -0.3 is 5.32 Å². The van der Waals surface area contributed by atoms with Crippen LogP contribution >= 0.6 is 0 Å². The number of benzene rings is 2. The van der Waals surface area contributed by atoms with E-state index >= 15 is 0 Å². The molecule has 1 aliphatic heterocycles. The first-order valence-corrected chi connectivity index (χ1v) is 9.04. The number of rotatable bonds is 6. The summed E-state index contributed by atoms with van der Waals surface area (Å²) in [6, 6.07) is 20.7. The van der Waals surface area contributed by atoms with E-state index in [4.69, 9.17) is 0 Å². The van der Waals surface area contributed by atoms with Gasteiger partial charge in [-0.05, 0) is 36.5 Å². The summed E-state index contributed by atoms with van der Waals surface area (Å²) in [5.41, 5.74) is 3.93. The predicted octanol–water partition coefficient (Wildman–Crippen LogP) is 3.52. The Hall–Kier alpha value is -2.39. The highest BCUT2D eigenvalue weighted by Gasteiger charge is 2.23. The Morgan fingerprint density at radius 3 is 2.40 bits per heavy atom. The third-order valence-electron chi connectivity index (χ3n) is 4.87. The van der Waals surface area contributed by atoms with Gasteiger partial charge in [-0.3, -0.25) is 9.69 Å². The lowest BCUT2D eigenvalue weighted by atomic mass is 9.99. The van der Waals surface area contributed by atoms with Gasteiger partial charge in [0.1, 0.15) is 0 Å². The van der Waals surface area contributed by atoms with Crippen molar-refractivity contribution in [1.82, 2.24) is 10.2 Å². The lowest BCUT2D eigenvalue weighted by molar-refractivity contribution is -0.125. The van der Waals surface area contributed by atoms with E-state index in [2.05, 4.69) is 52.7 Å². The smallest absolute Gasteiger partial charge is 0.237 e. The highest BCUT2D eigenvalue weighted by molar-refractivity contribution is 5.81. The zero-order valence-corrected chi connectivity index (χ0v) is 14.8. The van der Waals surface area contributed by atoms with Crippen molar-refractivity contribution >= 4 is 11.5 Å². The van der Waals surface area contributed by atoms with Gasteiger partial charge >= 0.3 is 0 Å². The molecule has 0 aliphatic carbocycles. The minimum atomic E-state index is -0.0932. The van der Waals surface area contributed by atoms with Crippen LogP contribution in [0.4, 0.5) is 0 Å². The first-order valence-electron chi connectivity index (χ1n) is 9.04. The van der Waals surface area contributed by atoms with Gasteiger partial charge in [-0.25, -0.2) is 0 Å². The average Bonchev–Trinajstić information content (AvgIpc) is 2.69. The second kappa shape index (κ2) is 8.63. The third kappa shape index (κ3) is 4.80. The van der Waals surface area contributed by atoms with Gasteiger partial charge in [0.2, 0.25) is 5.91 Å². The molecule has 0 radical (unpaired) electrons. The fourth-order valence-corrected chi connectivity index (χ4v) is 3.24. The van der Waals surface area contributed by atoms with Crippen molar-refractivity contribution in [3.8, 4) is 0 Å². The lowest BCUT2D eigenvalue weighted by Gasteiger charge is -2.31. The zero-order chi connectivity index (χ0) is 17.5. The predicted molar refractivity (Wildman–Crippen MR) is 103 cm³/mol. The fourth-order valence-electron chi connectivity index (χ4n) is 3.24. The second-order valence-corrected chi connectivity index (χ2v) is 6.54. The van der Waals surface area contributed by atoms with Crippen LogP contribution in [0.25, 0.3) is 5.57 Å². The minimum Gasteiger partial charge on any atom is -0.354 e. The summed E-state index contributed by atoms with van der Waals surface area (Å²) in [6.07, 6.45) is 4.12. The van der Waals surface area contributed by atoms with Gasteiger partial charge in [0.05, 0.1) is 6.04 Å². The molecule has 1 aliphatic rings. The number of hydrogen-bond donors (Lipinski definition) is 1. The van der Waals surface area contributed by atoms with E-state index in [-0.39, 0.29) is 11.9 Å². The molecule has 0 aromatic heterocycles. The second-order valence-electron chi connectivity index (χ2n) is 6.54. The molecule has 0 unspecified atom stereocenters. The molecular weight excluding hydrogens is 308 g/mol. The van der Waals surface area contributed by atoms with Gasteiger partial charge in [-0.2, -0.15) is 0 Å². The maximum atomic E-state index is 12.4. The summed E-state index contributed by atoms with van der Waals surface area (Å²) in [4.78, 5) is 14.7. The summed E-state index contributed by atoms with van der Waals surface area (Å²) < 4.78 is 0. The summed E-state index contributed by atoms with van der Waals surface area (Å²) in [6.45, 7) is 4.44. The molecule has 1 N–H and O–H groups in total. The third-order valence-corrected chi connectivity index (χ3v) is 4.87. The molecule has 1 atom stereocenters. The molecule has 3 nitrogen and oxygen atoms in total. The molecule has 0 bridgehead atoms. The lowest BCUT2D eigenvalue weighted by Crippen LogP contribution is -2.47. The van der Waals surface area contributed by atoms with Gasteiger partial charge in [0.15, 0.2) is 0 Å². The Kier molecular flexibility index (Phi) is 6.02. The van der Waals surface area contributed by atoms with Crippen molar-refractivity contribution in [3.63, 3.8) is 0 Å². The van der Waals surface area contributed by atoms with Crippen LogP contribution in [-0.2, 0) is 11.2 Å². The van der Waals surface area contributed by atoms with Crippen LogP contribution in [-0.4, -0.2) is 36.5 Å². The molecule has 0 saturated carbocycles. The summed E-state index contributed by atoms with van der Waals surface area (Å²) in [7, 11) is 0. The molecular formula is C22H26N2O. The van der Waals surface area contributed by atoms with Crippen molar-refractivity contribution in [2.24, 2.45) is 0 Å². The molecule has 0 spiro atoms. The normalized spacial score (nSPS) is 16.1. The van der Waals surface area contributed by atoms with Crippen molar-refractivity contribution in [3.05, 3.63) is 77.9 Å². The molecule has 25 heavy (non-hydrogen) atoms. The quantitative estimate of drug-likeness (QED) is 0.876. The van der Waals surface area contributed by atoms with Gasteiger partial charge in [0.25, 0.3) is 0 Å². The zero-order valence-electron chi connectivity index (χ0n) is 14.8. The number of amides is 1. The van der Waals surface area contributed by atoms with Gasteiger partial charge in [-0.1, -0.05) is 66.7 Å². The Morgan fingerprint density at radius 2 is 1.76 bits per heavy atom. The summed E-state index contributed by atoms with van der Waals surface area (Å²) in [5.74, 6) is 0.118. The van der Waals surface area contributed by atoms with E-state index in [1.54, 1.807) is 0 Å². The topological polar surface area (TPSA) is 32.3 Å². The van der Waals surface area contributed by atoms with E-state index in [0.29, 0.717) is 6.54 Å². The van der Waals surface area contributed by atoms with Crippen molar-refractivity contribution < 1.29 is 4.79 Å². The van der Waals surface area contributed by atoms with Crippen LogP contribution in [0.3, 0.4) is 0 Å². The van der Waals surface area contributed by atoms with Crippen LogP contribution in [0.5, 0.6) is 0 Å². The van der Waals surface area contributed by atoms with Crippen LogP contribution in [0.1, 0.15) is 24.5 Å². The van der Waals surface area contributed by atoms with E-state index < -0.39 is 0 Å². The Morgan fingerprint density at radius 1 is 1.08 bits per heavy atom. The molecule has 3 rings (SSSR count). The number of nitrogens with zero attached hydrogens (tertiary/aromatic N) is 1. The number of hydrogen-bond acceptors (Lipinski definition) is 2. The van der Waals surface area contributed by atoms with Crippen molar-refractivity contribution in [2.75, 3.05) is 19.6 Å². The van der Waals surface area contributed by atoms with Gasteiger partial charge in [0, 0.05) is 19.6 Å². The Bertz CT molecular complexity index is 709. The van der Waals surface area contributed by atoms with Gasteiger partial charge in [-0.15, -0.1) is 0 Å². The first-order chi connectivity index (χ1) is 12.2. The molecule has 3 heteroatoms. The number of carbonyl (C=O) groups excluding carboxylic acids is 1. The SMILES string of the molecule is C[C@H](C(=O)NCCc1ccccc1)N1CC=C(c2ccccc2)CC1. The fraction of sp³-hybridized carbons (Fsp3) is 0.318. The summed E-state index contributed by atoms with van der Waals surface area (Å²) >= 11 is 0. The van der Waals surface area contributed by atoms with E-state index in [1.807, 2.05) is 31.2 Å². The molecule has 1 heterocycles. The van der Waals surface area contributed by atoms with Crippen LogP contribution < -0.4 is 5.32 Å².